The summed E-state index contributed by atoms with van der Waals surface area (Å²) < 4.78 is 10.3. The molecule has 2 unspecified atom stereocenters. The number of rotatable bonds is 4. The van der Waals surface area contributed by atoms with Crippen LogP contribution in [0.2, 0.25) is 0 Å². The first-order valence-corrected chi connectivity index (χ1v) is 7.43. The number of carboxylic acid groups (broad SMARTS) is 1. The van der Waals surface area contributed by atoms with Gasteiger partial charge in [-0.25, -0.2) is 4.79 Å². The van der Waals surface area contributed by atoms with Gasteiger partial charge in [-0.1, -0.05) is 0 Å². The van der Waals surface area contributed by atoms with Crippen molar-refractivity contribution in [1.82, 2.24) is 4.90 Å². The van der Waals surface area contributed by atoms with Crippen LogP contribution >= 0.6 is 11.8 Å². The molecular formula is C14H17NO5S. The molecule has 6 nitrogen and oxygen atoms in total. The summed E-state index contributed by atoms with van der Waals surface area (Å²) in [5.74, 6) is 0.0548. The molecule has 0 bridgehead atoms. The summed E-state index contributed by atoms with van der Waals surface area (Å²) in [5.41, 5.74) is 0.383. The summed E-state index contributed by atoms with van der Waals surface area (Å²) in [5, 5.41) is 9.05. The zero-order valence-electron chi connectivity index (χ0n) is 12.0. The Hall–Kier alpha value is -1.89. The smallest absolute Gasteiger partial charge is 0.327 e. The Balaban J connectivity index is 2.32. The Bertz CT molecular complexity index is 562. The van der Waals surface area contributed by atoms with Crippen LogP contribution in [0.15, 0.2) is 18.2 Å². The van der Waals surface area contributed by atoms with Gasteiger partial charge in [-0.2, -0.15) is 0 Å². The van der Waals surface area contributed by atoms with E-state index in [1.54, 1.807) is 18.2 Å². The minimum absolute atomic E-state index is 0.174. The fraction of sp³-hybridized carbons (Fsp3) is 0.429. The van der Waals surface area contributed by atoms with Gasteiger partial charge in [-0.15, -0.1) is 11.8 Å². The molecule has 1 fully saturated rings. The molecule has 1 N–H and O–H groups in total. The Kier molecular flexibility index (Phi) is 4.62. The monoisotopic (exact) mass is 311 g/mol. The Morgan fingerprint density at radius 2 is 1.95 bits per heavy atom. The zero-order chi connectivity index (χ0) is 15.6. The third kappa shape index (κ3) is 2.92. The Morgan fingerprint density at radius 3 is 2.52 bits per heavy atom. The number of aliphatic carboxylic acids is 1. The van der Waals surface area contributed by atoms with Crippen LogP contribution in [0, 0.1) is 0 Å². The van der Waals surface area contributed by atoms with E-state index < -0.39 is 12.0 Å². The topological polar surface area (TPSA) is 76.1 Å². The van der Waals surface area contributed by atoms with Crippen LogP contribution in [0.4, 0.5) is 0 Å². The number of carboxylic acids is 1. The second-order valence-electron chi connectivity index (χ2n) is 4.57. The van der Waals surface area contributed by atoms with Crippen LogP contribution < -0.4 is 9.47 Å². The second-order valence-corrected chi connectivity index (χ2v) is 5.92. The van der Waals surface area contributed by atoms with Crippen molar-refractivity contribution < 1.29 is 24.2 Å². The van der Waals surface area contributed by atoms with Crippen molar-refractivity contribution in [2.45, 2.75) is 18.3 Å². The molecule has 1 aliphatic rings. The lowest BCUT2D eigenvalue weighted by molar-refractivity contribution is -0.141. The summed E-state index contributed by atoms with van der Waals surface area (Å²) in [4.78, 5) is 25.3. The lowest BCUT2D eigenvalue weighted by Crippen LogP contribution is -2.44. The van der Waals surface area contributed by atoms with Crippen LogP contribution in [0.5, 0.6) is 11.5 Å². The lowest BCUT2D eigenvalue weighted by atomic mass is 10.1. The predicted molar refractivity (Wildman–Crippen MR) is 79.1 cm³/mol. The van der Waals surface area contributed by atoms with Gasteiger partial charge >= 0.3 is 5.97 Å². The number of carbonyl (C=O) groups is 2. The molecule has 1 heterocycles. The third-order valence-corrected chi connectivity index (χ3v) is 4.59. The van der Waals surface area contributed by atoms with Crippen molar-refractivity contribution in [2.24, 2.45) is 0 Å². The molecule has 21 heavy (non-hydrogen) atoms. The first kappa shape index (κ1) is 15.5. The van der Waals surface area contributed by atoms with Crippen molar-refractivity contribution >= 4 is 23.6 Å². The second kappa shape index (κ2) is 6.26. The van der Waals surface area contributed by atoms with Gasteiger partial charge in [0.1, 0.15) is 6.04 Å². The average molecular weight is 311 g/mol. The lowest BCUT2D eigenvalue weighted by Gasteiger charge is -2.25. The van der Waals surface area contributed by atoms with E-state index >= 15 is 0 Å². The number of benzene rings is 1. The summed E-state index contributed by atoms with van der Waals surface area (Å²) in [7, 11) is 3.00. The largest absolute Gasteiger partial charge is 0.493 e. The van der Waals surface area contributed by atoms with E-state index in [4.69, 9.17) is 9.47 Å². The summed E-state index contributed by atoms with van der Waals surface area (Å²) in [6, 6.07) is 4.01. The number of amides is 1. The van der Waals surface area contributed by atoms with Crippen molar-refractivity contribution in [1.29, 1.82) is 0 Å². The molecule has 1 amide bonds. The van der Waals surface area contributed by atoms with Gasteiger partial charge < -0.3 is 19.5 Å². The molecule has 114 valence electrons. The van der Waals surface area contributed by atoms with E-state index in [1.165, 1.54) is 30.9 Å². The SMILES string of the molecule is COc1ccc(C(=O)N2C(C)SCC2C(=O)O)cc1OC. The van der Waals surface area contributed by atoms with E-state index in [2.05, 4.69) is 0 Å². The van der Waals surface area contributed by atoms with Gasteiger partial charge in [0.15, 0.2) is 11.5 Å². The first-order valence-electron chi connectivity index (χ1n) is 6.38. The molecule has 0 spiro atoms. The van der Waals surface area contributed by atoms with Gasteiger partial charge in [-0.3, -0.25) is 4.79 Å². The highest BCUT2D eigenvalue weighted by Crippen LogP contribution is 2.33. The number of nitrogens with zero attached hydrogens (tertiary/aromatic N) is 1. The Labute approximate surface area is 127 Å². The molecule has 1 aromatic carbocycles. The molecule has 0 radical (unpaired) electrons. The number of hydrogen-bond donors (Lipinski definition) is 1. The molecule has 7 heteroatoms. The van der Waals surface area contributed by atoms with Crippen LogP contribution in [-0.4, -0.2) is 53.3 Å². The maximum Gasteiger partial charge on any atom is 0.327 e. The van der Waals surface area contributed by atoms with Gasteiger partial charge in [-0.05, 0) is 25.1 Å². The molecular weight excluding hydrogens is 294 g/mol. The number of carbonyl (C=O) groups excluding carboxylic acids is 1. The number of hydrogen-bond acceptors (Lipinski definition) is 5. The zero-order valence-corrected chi connectivity index (χ0v) is 12.8. The molecule has 1 aliphatic heterocycles. The fourth-order valence-corrected chi connectivity index (χ4v) is 3.43. The molecule has 1 saturated heterocycles. The molecule has 0 saturated carbocycles. The Morgan fingerprint density at radius 1 is 1.29 bits per heavy atom. The standard InChI is InChI=1S/C14H17NO5S/c1-8-15(10(7-21-8)14(17)18)13(16)9-4-5-11(19-2)12(6-9)20-3/h4-6,8,10H,7H2,1-3H3,(H,17,18). The van der Waals surface area contributed by atoms with Gasteiger partial charge in [0.2, 0.25) is 0 Å². The fourth-order valence-electron chi connectivity index (χ4n) is 2.26. The minimum atomic E-state index is -0.985. The molecule has 2 rings (SSSR count). The van der Waals surface area contributed by atoms with Crippen LogP contribution in [0.3, 0.4) is 0 Å². The quantitative estimate of drug-likeness (QED) is 0.912. The number of thioether (sulfide) groups is 1. The molecule has 0 aromatic heterocycles. The first-order chi connectivity index (χ1) is 9.99. The van der Waals surface area contributed by atoms with Gasteiger partial charge in [0, 0.05) is 11.3 Å². The normalized spacial score (nSPS) is 21.2. The van der Waals surface area contributed by atoms with Crippen molar-refractivity contribution in [3.63, 3.8) is 0 Å². The van der Waals surface area contributed by atoms with E-state index in [1.807, 2.05) is 6.92 Å². The van der Waals surface area contributed by atoms with Crippen molar-refractivity contribution in [3.8, 4) is 11.5 Å². The highest BCUT2D eigenvalue weighted by atomic mass is 32.2. The maximum atomic E-state index is 12.6. The van der Waals surface area contributed by atoms with Gasteiger partial charge in [0.25, 0.3) is 5.91 Å². The van der Waals surface area contributed by atoms with Gasteiger partial charge in [0.05, 0.1) is 19.6 Å². The van der Waals surface area contributed by atoms with E-state index in [9.17, 15) is 14.7 Å². The number of methoxy groups -OCH3 is 2. The highest BCUT2D eigenvalue weighted by Gasteiger charge is 2.39. The molecule has 0 aliphatic carbocycles. The minimum Gasteiger partial charge on any atom is -0.493 e. The highest BCUT2D eigenvalue weighted by molar-refractivity contribution is 8.00. The molecule has 1 aromatic rings. The van der Waals surface area contributed by atoms with E-state index in [0.29, 0.717) is 22.8 Å². The van der Waals surface area contributed by atoms with Crippen molar-refractivity contribution in [2.75, 3.05) is 20.0 Å². The molecule has 2 atom stereocenters. The average Bonchev–Trinajstić information content (AvgIpc) is 2.87. The van der Waals surface area contributed by atoms with E-state index in [-0.39, 0.29) is 11.3 Å². The van der Waals surface area contributed by atoms with Crippen LogP contribution in [-0.2, 0) is 4.79 Å². The number of ether oxygens (including phenoxy) is 2. The third-order valence-electron chi connectivity index (χ3n) is 3.37. The van der Waals surface area contributed by atoms with Crippen molar-refractivity contribution in [3.05, 3.63) is 23.8 Å². The van der Waals surface area contributed by atoms with Crippen LogP contribution in [0.1, 0.15) is 17.3 Å². The summed E-state index contributed by atoms with van der Waals surface area (Å²) >= 11 is 1.45. The summed E-state index contributed by atoms with van der Waals surface area (Å²) in [6.07, 6.45) is 0. The maximum absolute atomic E-state index is 12.6. The summed E-state index contributed by atoms with van der Waals surface area (Å²) in [6.45, 7) is 1.83. The van der Waals surface area contributed by atoms with E-state index in [0.717, 1.165) is 0 Å². The predicted octanol–water partition coefficient (Wildman–Crippen LogP) is 1.69. The van der Waals surface area contributed by atoms with Crippen LogP contribution in [0.25, 0.3) is 0 Å².